The van der Waals surface area contributed by atoms with Crippen LogP contribution in [0.4, 0.5) is 15.6 Å². The van der Waals surface area contributed by atoms with Crippen molar-refractivity contribution in [1.82, 2.24) is 19.8 Å². The highest BCUT2D eigenvalue weighted by Gasteiger charge is 2.45. The van der Waals surface area contributed by atoms with Crippen LogP contribution in [0.5, 0.6) is 6.01 Å². The Morgan fingerprint density at radius 1 is 1.20 bits per heavy atom. The number of nitrogens with two attached hydrogens (primary N) is 2. The van der Waals surface area contributed by atoms with E-state index in [1.54, 1.807) is 17.9 Å². The lowest BCUT2D eigenvalue weighted by Gasteiger charge is -2.44. The van der Waals surface area contributed by atoms with E-state index in [-0.39, 0.29) is 47.9 Å². The zero-order valence-electron chi connectivity index (χ0n) is 29.8. The Morgan fingerprint density at radius 2 is 1.90 bits per heavy atom. The first-order valence-electron chi connectivity index (χ1n) is 16.9. The van der Waals surface area contributed by atoms with Gasteiger partial charge < -0.3 is 30.7 Å². The number of aromatic nitrogens is 2. The first-order valence-corrected chi connectivity index (χ1v) is 17.7. The molecule has 0 aromatic carbocycles. The number of anilines is 2. The lowest BCUT2D eigenvalue weighted by atomic mass is 9.72. The van der Waals surface area contributed by atoms with Gasteiger partial charge in [-0.1, -0.05) is 5.16 Å². The van der Waals surface area contributed by atoms with Crippen molar-refractivity contribution < 1.29 is 23.9 Å². The Kier molecular flexibility index (Phi) is 10.3. The average Bonchev–Trinajstić information content (AvgIpc) is 3.60. The minimum Gasteiger partial charge on any atom is -0.459 e. The summed E-state index contributed by atoms with van der Waals surface area (Å²) in [5.41, 5.74) is 12.0. The molecular weight excluding hydrogens is 646 g/mol. The number of oxime groups is 1. The van der Waals surface area contributed by atoms with Gasteiger partial charge >= 0.3 is 18.1 Å². The average molecular weight is 696 g/mol. The number of aryl methyl sites for hydroxylation is 1. The topological polar surface area (TPSA) is 186 Å². The number of nitrogen functional groups attached to an aromatic ring is 1. The van der Waals surface area contributed by atoms with Crippen LogP contribution in [0.2, 0.25) is 0 Å². The number of hydrogen-bond acceptors (Lipinski definition) is 13. The van der Waals surface area contributed by atoms with Crippen LogP contribution in [0.15, 0.2) is 11.2 Å². The number of thiophene rings is 1. The van der Waals surface area contributed by atoms with Crippen molar-refractivity contribution in [3.63, 3.8) is 0 Å². The van der Waals surface area contributed by atoms with Gasteiger partial charge in [-0.2, -0.15) is 15.2 Å². The lowest BCUT2D eigenvalue weighted by Crippen LogP contribution is -2.59. The van der Waals surface area contributed by atoms with Crippen LogP contribution >= 0.6 is 11.3 Å². The number of nitrogens with zero attached hydrogens (tertiary/aromatic N) is 7. The molecule has 0 bridgehead atoms. The Morgan fingerprint density at radius 3 is 2.51 bits per heavy atom. The SMILES string of the molecule is C[C@H](Oc1nc(/C(N)=N/OC(=O)[C@@]2(C)CCCc3sc(N)c(C#N)c32)cc(N2C[C@@H](C)N(C(=O)OC(C)(C)C)[C@H](C)C2)n1)[C@@H]1CCCN1C. The molecule has 5 rings (SSSR count). The molecule has 2 fully saturated rings. The van der Waals surface area contributed by atoms with Gasteiger partial charge in [-0.3, -0.25) is 9.80 Å². The third-order valence-corrected chi connectivity index (χ3v) is 10.7. The lowest BCUT2D eigenvalue weighted by molar-refractivity contribution is -0.150. The summed E-state index contributed by atoms with van der Waals surface area (Å²) in [7, 11) is 2.08. The first kappa shape index (κ1) is 36.1. The third-order valence-electron chi connectivity index (χ3n) is 9.64. The van der Waals surface area contributed by atoms with Crippen LogP contribution in [0, 0.1) is 11.3 Å². The summed E-state index contributed by atoms with van der Waals surface area (Å²) in [6, 6.07) is 3.78. The highest BCUT2D eigenvalue weighted by atomic mass is 32.1. The molecule has 2 saturated heterocycles. The van der Waals surface area contributed by atoms with E-state index in [0.29, 0.717) is 41.5 Å². The molecule has 2 aromatic heterocycles. The second kappa shape index (κ2) is 14.0. The van der Waals surface area contributed by atoms with Crippen LogP contribution in [-0.4, -0.2) is 94.2 Å². The molecule has 0 unspecified atom stereocenters. The summed E-state index contributed by atoms with van der Waals surface area (Å²) in [5, 5.41) is 14.2. The smallest absolute Gasteiger partial charge is 0.410 e. The first-order chi connectivity index (χ1) is 23.0. The number of amidine groups is 1. The molecule has 15 heteroatoms. The number of likely N-dealkylation sites (N-methyl/N-ethyl adjacent to an activating group) is 1. The van der Waals surface area contributed by atoms with Gasteiger partial charge in [0.1, 0.15) is 34.3 Å². The van der Waals surface area contributed by atoms with Gasteiger partial charge in [-0.25, -0.2) is 9.59 Å². The Hall–Kier alpha value is -4.16. The summed E-state index contributed by atoms with van der Waals surface area (Å²) >= 11 is 1.34. The fourth-order valence-corrected chi connectivity index (χ4v) is 8.45. The molecule has 14 nitrogen and oxygen atoms in total. The highest BCUT2D eigenvalue weighted by Crippen LogP contribution is 2.46. The van der Waals surface area contributed by atoms with E-state index in [0.717, 1.165) is 37.1 Å². The number of nitriles is 1. The van der Waals surface area contributed by atoms with Crippen molar-refractivity contribution in [3.05, 3.63) is 27.8 Å². The summed E-state index contributed by atoms with van der Waals surface area (Å²) in [6.07, 6.45) is 3.47. The molecule has 49 heavy (non-hydrogen) atoms. The number of fused-ring (bicyclic) bond motifs is 1. The molecular formula is C34H49N9O5S. The fraction of sp³-hybridized carbons (Fsp3) is 0.647. The van der Waals surface area contributed by atoms with Crippen molar-refractivity contribution in [1.29, 1.82) is 5.26 Å². The molecule has 0 radical (unpaired) electrons. The number of carbonyl (C=O) groups excluding carboxylic acids is 2. The van der Waals surface area contributed by atoms with Gasteiger partial charge in [0.05, 0.1) is 23.1 Å². The molecule has 0 saturated carbocycles. The molecule has 2 aliphatic heterocycles. The maximum Gasteiger partial charge on any atom is 0.410 e. The van der Waals surface area contributed by atoms with Crippen LogP contribution in [0.3, 0.4) is 0 Å². The molecule has 4 heterocycles. The van der Waals surface area contributed by atoms with Crippen LogP contribution in [-0.2, 0) is 26.2 Å². The molecule has 0 spiro atoms. The quantitative estimate of drug-likeness (QED) is 0.183. The molecule has 266 valence electrons. The molecule has 4 N–H and O–H groups in total. The van der Waals surface area contributed by atoms with E-state index in [1.165, 1.54) is 11.3 Å². The zero-order valence-corrected chi connectivity index (χ0v) is 30.6. The number of likely N-dealkylation sites (tertiary alicyclic amines) is 1. The van der Waals surface area contributed by atoms with Gasteiger partial charge in [-0.05, 0) is 94.2 Å². The maximum absolute atomic E-state index is 13.6. The van der Waals surface area contributed by atoms with Gasteiger partial charge in [0.25, 0.3) is 0 Å². The Bertz CT molecular complexity index is 1640. The number of hydrogen-bond donors (Lipinski definition) is 2. The van der Waals surface area contributed by atoms with Crippen molar-refractivity contribution >= 4 is 40.1 Å². The number of amides is 1. The molecule has 1 amide bonds. The normalized spacial score (nSPS) is 25.4. The Balaban J connectivity index is 1.42. The van der Waals surface area contributed by atoms with E-state index < -0.39 is 17.0 Å². The van der Waals surface area contributed by atoms with Crippen LogP contribution in [0.25, 0.3) is 0 Å². The Labute approximate surface area is 292 Å². The zero-order chi connectivity index (χ0) is 35.8. The highest BCUT2D eigenvalue weighted by molar-refractivity contribution is 7.16. The summed E-state index contributed by atoms with van der Waals surface area (Å²) in [4.78, 5) is 48.5. The minimum absolute atomic E-state index is 0.121. The van der Waals surface area contributed by atoms with Gasteiger partial charge in [0, 0.05) is 35.6 Å². The summed E-state index contributed by atoms with van der Waals surface area (Å²) in [6.45, 7) is 15.2. The van der Waals surface area contributed by atoms with Crippen molar-refractivity contribution in [3.8, 4) is 12.1 Å². The van der Waals surface area contributed by atoms with E-state index in [2.05, 4.69) is 33.1 Å². The minimum atomic E-state index is -1.11. The van der Waals surface area contributed by atoms with Gasteiger partial charge in [0.15, 0.2) is 5.84 Å². The molecule has 3 aliphatic rings. The van der Waals surface area contributed by atoms with E-state index in [1.807, 2.05) is 41.5 Å². The standard InChI is InChI=1S/C34H49N9O5S/c1-19-17-42(18-20(2)43(19)32(45)47-33(4,5)6)26-15-23(38-31(39-26)46-21(3)24-11-10-14-41(24)8)28(36)40-48-30(44)34(7)13-9-12-25-27(34)22(16-35)29(37)49-25/h15,19-21,24H,9-14,17-18,37H2,1-8H3,(H2,36,40)/t19-,20-,21+,24+,34+/m1/s1. The van der Waals surface area contributed by atoms with Crippen LogP contribution < -0.4 is 21.1 Å². The summed E-state index contributed by atoms with van der Waals surface area (Å²) < 4.78 is 12.0. The number of rotatable bonds is 7. The summed E-state index contributed by atoms with van der Waals surface area (Å²) in [5.74, 6) is -0.225. The predicted octanol–water partition coefficient (Wildman–Crippen LogP) is 4.15. The number of ether oxygens (including phenoxy) is 2. The van der Waals surface area contributed by atoms with Gasteiger partial charge in [-0.15, -0.1) is 11.3 Å². The van der Waals surface area contributed by atoms with Gasteiger partial charge in [0.2, 0.25) is 0 Å². The van der Waals surface area contributed by atoms with Crippen molar-refractivity contribution in [2.45, 2.75) is 116 Å². The van der Waals surface area contributed by atoms with E-state index in [4.69, 9.17) is 30.8 Å². The third kappa shape index (κ3) is 7.55. The van der Waals surface area contributed by atoms with E-state index in [9.17, 15) is 14.9 Å². The number of carbonyl (C=O) groups is 2. The molecule has 2 aromatic rings. The molecule has 5 atom stereocenters. The predicted molar refractivity (Wildman–Crippen MR) is 188 cm³/mol. The largest absolute Gasteiger partial charge is 0.459 e. The molecule has 1 aliphatic carbocycles. The monoisotopic (exact) mass is 695 g/mol. The van der Waals surface area contributed by atoms with Crippen molar-refractivity contribution in [2.75, 3.05) is 37.3 Å². The second-order valence-corrected chi connectivity index (χ2v) is 15.8. The maximum atomic E-state index is 13.6. The number of piperazine rings is 1. The fourth-order valence-electron chi connectivity index (χ4n) is 7.25. The van der Waals surface area contributed by atoms with Crippen LogP contribution in [0.1, 0.15) is 95.8 Å². The second-order valence-electron chi connectivity index (χ2n) is 14.7. The van der Waals surface area contributed by atoms with Crippen molar-refractivity contribution in [2.24, 2.45) is 10.9 Å². The van der Waals surface area contributed by atoms with E-state index >= 15 is 0 Å².